The SMILES string of the molecule is COc1ccc(S(=O)(=O)N(CC(=O)N(Cc2c(Cl)cccc2Cl)C(Cc2ccccc2)C(=O)NC(C)(C)C)c2ccc(C)cc2)cc1Br. The Morgan fingerprint density at radius 3 is 2.10 bits per heavy atom. The van der Waals surface area contributed by atoms with Gasteiger partial charge >= 0.3 is 0 Å². The van der Waals surface area contributed by atoms with Gasteiger partial charge in [-0.15, -0.1) is 0 Å². The first kappa shape index (κ1) is 37.3. The third kappa shape index (κ3) is 9.31. The van der Waals surface area contributed by atoms with Gasteiger partial charge in [0.15, 0.2) is 0 Å². The number of hydrogen-bond donors (Lipinski definition) is 1. The van der Waals surface area contributed by atoms with Gasteiger partial charge in [0.1, 0.15) is 18.3 Å². The Morgan fingerprint density at radius 1 is 0.917 bits per heavy atom. The van der Waals surface area contributed by atoms with Gasteiger partial charge in [0.05, 0.1) is 22.2 Å². The smallest absolute Gasteiger partial charge is 0.264 e. The summed E-state index contributed by atoms with van der Waals surface area (Å²) in [7, 11) is -2.84. The number of amides is 2. The number of carbonyl (C=O) groups is 2. The lowest BCUT2D eigenvalue weighted by Crippen LogP contribution is -2.56. The van der Waals surface area contributed by atoms with Crippen LogP contribution in [0.4, 0.5) is 5.69 Å². The molecule has 1 N–H and O–H groups in total. The maximum atomic E-state index is 14.7. The molecule has 1 atom stereocenters. The molecule has 0 saturated heterocycles. The highest BCUT2D eigenvalue weighted by Crippen LogP contribution is 2.32. The number of benzene rings is 4. The minimum atomic E-state index is -4.32. The van der Waals surface area contributed by atoms with E-state index >= 15 is 0 Å². The van der Waals surface area contributed by atoms with E-state index < -0.39 is 40.0 Å². The van der Waals surface area contributed by atoms with Crippen molar-refractivity contribution in [2.75, 3.05) is 18.0 Å². The van der Waals surface area contributed by atoms with Crippen molar-refractivity contribution >= 4 is 66.7 Å². The van der Waals surface area contributed by atoms with Crippen LogP contribution in [-0.4, -0.2) is 50.4 Å². The second kappa shape index (κ2) is 15.8. The maximum Gasteiger partial charge on any atom is 0.264 e. The van der Waals surface area contributed by atoms with Gasteiger partial charge in [-0.25, -0.2) is 8.42 Å². The zero-order chi connectivity index (χ0) is 35.2. The first-order valence-corrected chi connectivity index (χ1v) is 18.1. The van der Waals surface area contributed by atoms with E-state index in [1.54, 1.807) is 42.5 Å². The molecular weight excluding hydrogens is 737 g/mol. The zero-order valence-electron chi connectivity index (χ0n) is 27.3. The molecule has 0 heterocycles. The summed E-state index contributed by atoms with van der Waals surface area (Å²) in [6, 6.07) is 24.4. The molecule has 8 nitrogen and oxygen atoms in total. The van der Waals surface area contributed by atoms with E-state index in [2.05, 4.69) is 21.2 Å². The summed E-state index contributed by atoms with van der Waals surface area (Å²) in [5.41, 5.74) is 1.80. The fourth-order valence-corrected chi connectivity index (χ4v) is 7.69. The van der Waals surface area contributed by atoms with Crippen LogP contribution in [0.1, 0.15) is 37.5 Å². The number of nitrogens with zero attached hydrogens (tertiary/aromatic N) is 2. The molecule has 0 aromatic heterocycles. The van der Waals surface area contributed by atoms with Gasteiger partial charge in [-0.2, -0.15) is 0 Å². The Kier molecular flexibility index (Phi) is 12.2. The fourth-order valence-electron chi connectivity index (χ4n) is 5.04. The molecule has 0 fully saturated rings. The highest BCUT2D eigenvalue weighted by atomic mass is 79.9. The Bertz CT molecular complexity index is 1850. The molecule has 0 saturated carbocycles. The third-order valence-electron chi connectivity index (χ3n) is 7.47. The van der Waals surface area contributed by atoms with Crippen LogP contribution in [0.2, 0.25) is 10.0 Å². The van der Waals surface area contributed by atoms with Crippen molar-refractivity contribution in [2.45, 2.75) is 57.1 Å². The molecule has 0 aliphatic carbocycles. The van der Waals surface area contributed by atoms with Crippen LogP contribution in [0, 0.1) is 6.92 Å². The molecule has 0 aliphatic heterocycles. The number of halogens is 3. The molecule has 0 radical (unpaired) electrons. The van der Waals surface area contributed by atoms with Crippen molar-refractivity contribution in [3.05, 3.63) is 122 Å². The lowest BCUT2D eigenvalue weighted by Gasteiger charge is -2.35. The topological polar surface area (TPSA) is 96.0 Å². The standard InChI is InChI=1S/C36H38BrCl2N3O5S/c1-24-14-16-26(17-15-24)42(48(45,46)27-18-19-33(47-5)29(37)21-27)23-34(43)41(22-28-30(38)12-9-13-31(28)39)32(35(44)40-36(2,3)4)20-25-10-7-6-8-11-25/h6-19,21,32H,20,22-23H2,1-5H3,(H,40,44). The minimum absolute atomic E-state index is 0.0597. The van der Waals surface area contributed by atoms with Crippen molar-refractivity contribution in [1.29, 1.82) is 0 Å². The monoisotopic (exact) mass is 773 g/mol. The van der Waals surface area contributed by atoms with E-state index in [-0.39, 0.29) is 23.5 Å². The average molecular weight is 776 g/mol. The Morgan fingerprint density at radius 2 is 1.54 bits per heavy atom. The highest BCUT2D eigenvalue weighted by Gasteiger charge is 2.36. The first-order valence-electron chi connectivity index (χ1n) is 15.1. The lowest BCUT2D eigenvalue weighted by atomic mass is 10.0. The molecule has 1 unspecified atom stereocenters. The summed E-state index contributed by atoms with van der Waals surface area (Å²) in [4.78, 5) is 30.1. The molecule has 0 aliphatic rings. The summed E-state index contributed by atoms with van der Waals surface area (Å²) >= 11 is 16.6. The van der Waals surface area contributed by atoms with E-state index in [1.807, 2.05) is 58.0 Å². The van der Waals surface area contributed by atoms with Gasteiger partial charge in [0.2, 0.25) is 11.8 Å². The van der Waals surface area contributed by atoms with Crippen LogP contribution in [-0.2, 0) is 32.6 Å². The Hall–Kier alpha value is -3.57. The van der Waals surface area contributed by atoms with Crippen LogP contribution in [0.3, 0.4) is 0 Å². The van der Waals surface area contributed by atoms with Crippen LogP contribution in [0.5, 0.6) is 5.75 Å². The number of rotatable bonds is 12. The van der Waals surface area contributed by atoms with Crippen molar-refractivity contribution in [3.63, 3.8) is 0 Å². The van der Waals surface area contributed by atoms with Gasteiger partial charge in [-0.3, -0.25) is 13.9 Å². The van der Waals surface area contributed by atoms with Crippen LogP contribution in [0.15, 0.2) is 100 Å². The second-order valence-corrected chi connectivity index (χ2v) is 15.8. The van der Waals surface area contributed by atoms with Crippen molar-refractivity contribution < 1.29 is 22.7 Å². The summed E-state index contributed by atoms with van der Waals surface area (Å²) in [6.45, 7) is 6.65. The predicted octanol–water partition coefficient (Wildman–Crippen LogP) is 7.82. The number of aryl methyl sites for hydroxylation is 1. The van der Waals surface area contributed by atoms with Crippen molar-refractivity contribution in [2.24, 2.45) is 0 Å². The number of nitrogens with one attached hydrogen (secondary N) is 1. The molecule has 4 aromatic rings. The third-order valence-corrected chi connectivity index (χ3v) is 10.6. The zero-order valence-corrected chi connectivity index (χ0v) is 31.3. The Labute approximate surface area is 301 Å². The van der Waals surface area contributed by atoms with E-state index in [9.17, 15) is 18.0 Å². The molecule has 254 valence electrons. The number of hydrogen-bond acceptors (Lipinski definition) is 5. The number of carbonyl (C=O) groups excluding carboxylic acids is 2. The van der Waals surface area contributed by atoms with Crippen molar-refractivity contribution in [3.8, 4) is 5.75 Å². The normalized spacial score (nSPS) is 12.2. The van der Waals surface area contributed by atoms with Gasteiger partial charge in [-0.05, 0) is 91.7 Å². The summed E-state index contributed by atoms with van der Waals surface area (Å²) in [5.74, 6) is -0.595. The quantitative estimate of drug-likeness (QED) is 0.158. The molecule has 0 bridgehead atoms. The van der Waals surface area contributed by atoms with E-state index in [0.29, 0.717) is 25.8 Å². The minimum Gasteiger partial charge on any atom is -0.496 e. The first-order chi connectivity index (χ1) is 22.6. The molecule has 4 aromatic carbocycles. The van der Waals surface area contributed by atoms with E-state index in [1.165, 1.54) is 30.2 Å². The predicted molar refractivity (Wildman–Crippen MR) is 195 cm³/mol. The van der Waals surface area contributed by atoms with Crippen LogP contribution in [0.25, 0.3) is 0 Å². The molecule has 4 rings (SSSR count). The summed E-state index contributed by atoms with van der Waals surface area (Å²) < 4.78 is 35.5. The average Bonchev–Trinajstić information content (AvgIpc) is 3.02. The van der Waals surface area contributed by atoms with E-state index in [4.69, 9.17) is 27.9 Å². The fraction of sp³-hybridized carbons (Fsp3) is 0.278. The van der Waals surface area contributed by atoms with Gasteiger partial charge in [-0.1, -0.05) is 77.3 Å². The molecule has 12 heteroatoms. The molecule has 2 amide bonds. The number of methoxy groups -OCH3 is 1. The lowest BCUT2D eigenvalue weighted by molar-refractivity contribution is -0.140. The summed E-state index contributed by atoms with van der Waals surface area (Å²) in [6.07, 6.45) is 0.152. The Balaban J connectivity index is 1.86. The number of sulfonamides is 1. The maximum absolute atomic E-state index is 14.7. The van der Waals surface area contributed by atoms with E-state index in [0.717, 1.165) is 15.4 Å². The number of anilines is 1. The summed E-state index contributed by atoms with van der Waals surface area (Å²) in [5, 5.41) is 3.62. The highest BCUT2D eigenvalue weighted by molar-refractivity contribution is 9.10. The van der Waals surface area contributed by atoms with Gasteiger partial charge in [0.25, 0.3) is 10.0 Å². The van der Waals surface area contributed by atoms with Gasteiger partial charge < -0.3 is 15.0 Å². The second-order valence-electron chi connectivity index (χ2n) is 12.3. The van der Waals surface area contributed by atoms with Crippen LogP contribution >= 0.6 is 39.1 Å². The largest absolute Gasteiger partial charge is 0.496 e. The molecular formula is C36H38BrCl2N3O5S. The van der Waals surface area contributed by atoms with Gasteiger partial charge in [0, 0.05) is 34.1 Å². The molecule has 0 spiro atoms. The molecule has 48 heavy (non-hydrogen) atoms. The van der Waals surface area contributed by atoms with Crippen molar-refractivity contribution in [1.82, 2.24) is 10.2 Å². The number of ether oxygens (including phenoxy) is 1. The van der Waals surface area contributed by atoms with Crippen LogP contribution < -0.4 is 14.4 Å².